The van der Waals surface area contributed by atoms with Gasteiger partial charge in [-0.2, -0.15) is 0 Å². The first-order valence-corrected chi connectivity index (χ1v) is 10.2. The third-order valence-corrected chi connectivity index (χ3v) is 7.00. The predicted octanol–water partition coefficient (Wildman–Crippen LogP) is 5.25. The Morgan fingerprint density at radius 1 is 1.24 bits per heavy atom. The lowest BCUT2D eigenvalue weighted by Gasteiger charge is -2.47. The molecule has 6 nitrogen and oxygen atoms in total. The smallest absolute Gasteiger partial charge is 0.218 e. The molecule has 0 spiro atoms. The second-order valence-corrected chi connectivity index (χ2v) is 8.40. The number of fused-ring (bicyclic) bond motifs is 4. The Hall–Kier alpha value is -3.01. The van der Waals surface area contributed by atoms with E-state index in [0.29, 0.717) is 34.7 Å². The summed E-state index contributed by atoms with van der Waals surface area (Å²) in [7, 11) is 0. The third-order valence-electron chi connectivity index (χ3n) is 7.00. The van der Waals surface area contributed by atoms with Crippen LogP contribution in [0.2, 0.25) is 0 Å². The van der Waals surface area contributed by atoms with E-state index in [-0.39, 0.29) is 17.5 Å². The van der Waals surface area contributed by atoms with Gasteiger partial charge in [0.25, 0.3) is 0 Å². The average molecular weight is 390 g/mol. The van der Waals surface area contributed by atoms with Crippen LogP contribution in [0.1, 0.15) is 38.2 Å². The maximum absolute atomic E-state index is 15.2. The second kappa shape index (κ2) is 6.80. The van der Waals surface area contributed by atoms with Crippen molar-refractivity contribution >= 4 is 22.5 Å². The minimum Gasteiger partial charge on any atom is -0.364 e. The highest BCUT2D eigenvalue weighted by Gasteiger charge is 2.41. The van der Waals surface area contributed by atoms with Crippen molar-refractivity contribution in [3.8, 4) is 11.3 Å². The number of rotatable bonds is 3. The summed E-state index contributed by atoms with van der Waals surface area (Å²) in [5.74, 6) is 1.58. The molecule has 148 valence electrons. The lowest BCUT2D eigenvalue weighted by Crippen LogP contribution is -2.47. The molecule has 0 radical (unpaired) electrons. The Labute approximate surface area is 168 Å². The van der Waals surface area contributed by atoms with Crippen molar-refractivity contribution in [2.45, 2.75) is 45.6 Å². The van der Waals surface area contributed by atoms with Gasteiger partial charge >= 0.3 is 0 Å². The number of H-pyrrole nitrogens is 1. The quantitative estimate of drug-likeness (QED) is 0.599. The molecule has 29 heavy (non-hydrogen) atoms. The highest BCUT2D eigenvalue weighted by molar-refractivity contribution is 5.96. The van der Waals surface area contributed by atoms with Gasteiger partial charge in [-0.05, 0) is 55.9 Å². The molecule has 2 N–H and O–H groups in total. The Balaban J connectivity index is 1.61. The third kappa shape index (κ3) is 2.78. The van der Waals surface area contributed by atoms with Crippen LogP contribution >= 0.6 is 0 Å². The van der Waals surface area contributed by atoms with Crippen LogP contribution < -0.4 is 5.32 Å². The molecule has 3 aliphatic carbocycles. The summed E-state index contributed by atoms with van der Waals surface area (Å²) in [6, 6.07) is 0.224. The van der Waals surface area contributed by atoms with Crippen LogP contribution in [0, 0.1) is 37.1 Å². The minimum atomic E-state index is -0.426. The van der Waals surface area contributed by atoms with Crippen LogP contribution in [0.15, 0.2) is 18.7 Å². The van der Waals surface area contributed by atoms with Crippen molar-refractivity contribution in [2.24, 2.45) is 17.8 Å². The molecule has 6 rings (SSSR count). The molecular formula is C22H23FN6. The highest BCUT2D eigenvalue weighted by Crippen LogP contribution is 2.46. The fourth-order valence-corrected chi connectivity index (χ4v) is 5.31. The number of halogens is 1. The van der Waals surface area contributed by atoms with E-state index < -0.39 is 5.82 Å². The molecule has 7 heteroatoms. The highest BCUT2D eigenvalue weighted by atomic mass is 19.1. The largest absolute Gasteiger partial charge is 0.364 e. The molecule has 0 aliphatic heterocycles. The zero-order chi connectivity index (χ0) is 20.1. The number of hydrogen-bond acceptors (Lipinski definition) is 4. The lowest BCUT2D eigenvalue weighted by atomic mass is 9.62. The molecule has 2 unspecified atom stereocenters. The number of pyridine rings is 1. The molecule has 0 aromatic carbocycles. The maximum Gasteiger partial charge on any atom is 0.218 e. The first-order valence-electron chi connectivity index (χ1n) is 10.2. The summed E-state index contributed by atoms with van der Waals surface area (Å²) in [4.78, 5) is 19.6. The van der Waals surface area contributed by atoms with Gasteiger partial charge in [0.1, 0.15) is 12.0 Å². The Morgan fingerprint density at radius 2 is 2.00 bits per heavy atom. The first-order chi connectivity index (χ1) is 14.1. The maximum atomic E-state index is 15.2. The van der Waals surface area contributed by atoms with E-state index >= 15 is 4.39 Å². The number of anilines is 1. The van der Waals surface area contributed by atoms with Gasteiger partial charge in [-0.3, -0.25) is 0 Å². The van der Waals surface area contributed by atoms with Crippen molar-refractivity contribution in [2.75, 3.05) is 5.32 Å². The number of aromatic nitrogens is 4. The zero-order valence-electron chi connectivity index (χ0n) is 16.5. The Bertz CT molecular complexity index is 1120. The Kier molecular flexibility index (Phi) is 4.23. The molecule has 3 aliphatic rings. The van der Waals surface area contributed by atoms with Gasteiger partial charge in [-0.1, -0.05) is 6.92 Å². The van der Waals surface area contributed by atoms with Crippen molar-refractivity contribution in [1.82, 2.24) is 19.9 Å². The van der Waals surface area contributed by atoms with Gasteiger partial charge in [0, 0.05) is 29.4 Å². The predicted molar refractivity (Wildman–Crippen MR) is 110 cm³/mol. The van der Waals surface area contributed by atoms with Crippen LogP contribution in [0.25, 0.3) is 27.1 Å². The van der Waals surface area contributed by atoms with E-state index in [0.717, 1.165) is 10.9 Å². The number of aromatic amines is 1. The van der Waals surface area contributed by atoms with Crippen molar-refractivity contribution in [3.63, 3.8) is 0 Å². The van der Waals surface area contributed by atoms with E-state index in [1.807, 2.05) is 0 Å². The van der Waals surface area contributed by atoms with Crippen LogP contribution in [0.4, 0.5) is 15.9 Å². The fraction of sp³-hybridized carbons (Fsp3) is 0.455. The van der Waals surface area contributed by atoms with Gasteiger partial charge in [-0.25, -0.2) is 24.2 Å². The molecule has 2 bridgehead atoms. The van der Waals surface area contributed by atoms with E-state index in [4.69, 9.17) is 6.57 Å². The van der Waals surface area contributed by atoms with E-state index in [9.17, 15) is 0 Å². The molecule has 3 fully saturated rings. The topological polar surface area (TPSA) is 70.8 Å². The monoisotopic (exact) mass is 390 g/mol. The number of nitrogens with one attached hydrogen (secondary N) is 2. The van der Waals surface area contributed by atoms with Gasteiger partial charge in [-0.15, -0.1) is 0 Å². The molecule has 3 heterocycles. The van der Waals surface area contributed by atoms with Crippen LogP contribution in [-0.2, 0) is 0 Å². The Morgan fingerprint density at radius 3 is 2.72 bits per heavy atom. The van der Waals surface area contributed by atoms with Crippen molar-refractivity contribution in [3.05, 3.63) is 41.5 Å². The van der Waals surface area contributed by atoms with Crippen molar-refractivity contribution in [1.29, 1.82) is 0 Å². The normalized spacial score (nSPS) is 25.9. The zero-order valence-corrected chi connectivity index (χ0v) is 16.5. The standard InChI is InChI=1S/C22H23FN6/c1-11-13-4-6-14(7-5-13)18(11)28-22-17(23)12(2)19(24-3)20(29-22)15-9-26-21-16(15)8-25-10-27-21/h8-11,13-14,18H,4-7H2,1-2H3,(H,28,29)(H,25,26,27). The summed E-state index contributed by atoms with van der Waals surface area (Å²) >= 11 is 0. The van der Waals surface area contributed by atoms with Gasteiger partial charge < -0.3 is 10.3 Å². The lowest BCUT2D eigenvalue weighted by molar-refractivity contribution is 0.0926. The summed E-state index contributed by atoms with van der Waals surface area (Å²) < 4.78 is 15.2. The van der Waals surface area contributed by atoms with E-state index in [1.54, 1.807) is 19.3 Å². The van der Waals surface area contributed by atoms with Crippen molar-refractivity contribution < 1.29 is 4.39 Å². The average Bonchev–Trinajstić information content (AvgIpc) is 3.18. The number of hydrogen-bond donors (Lipinski definition) is 2. The van der Waals surface area contributed by atoms with E-state index in [1.165, 1.54) is 32.0 Å². The second-order valence-electron chi connectivity index (χ2n) is 8.40. The van der Waals surface area contributed by atoms with Crippen LogP contribution in [0.3, 0.4) is 0 Å². The molecular weight excluding hydrogens is 367 g/mol. The summed E-state index contributed by atoms with van der Waals surface area (Å²) in [5, 5.41) is 4.21. The molecule has 3 aromatic heterocycles. The van der Waals surface area contributed by atoms with Gasteiger partial charge in [0.2, 0.25) is 5.69 Å². The van der Waals surface area contributed by atoms with Crippen LogP contribution in [-0.4, -0.2) is 26.0 Å². The summed E-state index contributed by atoms with van der Waals surface area (Å²) in [6.45, 7) is 11.5. The SMILES string of the molecule is [C-]#[N+]c1c(-c2c[nH]c3ncncc23)nc(NC2C3CCC(CC3)C2C)c(F)c1C. The number of nitrogens with zero attached hydrogens (tertiary/aromatic N) is 4. The molecule has 3 saturated carbocycles. The van der Waals surface area contributed by atoms with Gasteiger partial charge in [0.15, 0.2) is 11.6 Å². The van der Waals surface area contributed by atoms with Crippen LogP contribution in [0.5, 0.6) is 0 Å². The fourth-order valence-electron chi connectivity index (χ4n) is 5.31. The molecule has 0 saturated heterocycles. The molecule has 2 atom stereocenters. The first kappa shape index (κ1) is 18.0. The summed E-state index contributed by atoms with van der Waals surface area (Å²) in [5.41, 5.74) is 2.41. The molecule has 3 aromatic rings. The van der Waals surface area contributed by atoms with Gasteiger partial charge in [0.05, 0.1) is 12.3 Å². The molecule has 0 amide bonds. The van der Waals surface area contributed by atoms with E-state index in [2.05, 4.69) is 37.0 Å². The summed E-state index contributed by atoms with van der Waals surface area (Å²) in [6.07, 6.45) is 9.86. The minimum absolute atomic E-state index is 0.224.